The average Bonchev–Trinajstić information content (AvgIpc) is 2.28. The quantitative estimate of drug-likeness (QED) is 0.703. The highest BCUT2D eigenvalue weighted by Gasteiger charge is 2.02. The number of nitrogens with zero attached hydrogens (tertiary/aromatic N) is 1. The van der Waals surface area contributed by atoms with Crippen molar-refractivity contribution in [1.29, 1.82) is 0 Å². The molecule has 1 aromatic rings. The molecule has 0 aliphatic heterocycles. The number of hydrogen-bond acceptors (Lipinski definition) is 1. The fraction of sp³-hybridized carbons (Fsp3) is 0.571. The lowest BCUT2D eigenvalue weighted by atomic mass is 10.1. The summed E-state index contributed by atoms with van der Waals surface area (Å²) in [5, 5.41) is 0. The summed E-state index contributed by atoms with van der Waals surface area (Å²) in [7, 11) is 0. The fourth-order valence-corrected chi connectivity index (χ4v) is 1.90. The largest absolute Gasteiger partial charge is 0.303 e. The van der Waals surface area contributed by atoms with Gasteiger partial charge in [0.2, 0.25) is 0 Å². The van der Waals surface area contributed by atoms with Gasteiger partial charge in [0, 0.05) is 6.54 Å². The summed E-state index contributed by atoms with van der Waals surface area (Å²) in [4.78, 5) is 2.56. The van der Waals surface area contributed by atoms with E-state index in [1.807, 2.05) is 0 Å². The number of halogens is 1. The van der Waals surface area contributed by atoms with Gasteiger partial charge in [-0.2, -0.15) is 0 Å². The Hall–Kier alpha value is -0.530. The summed E-state index contributed by atoms with van der Waals surface area (Å²) in [6, 6.07) is 10.8. The highest BCUT2D eigenvalue weighted by Crippen LogP contribution is 2.02. The maximum absolute atomic E-state index is 2.56. The van der Waals surface area contributed by atoms with Crippen LogP contribution in [0.3, 0.4) is 0 Å². The van der Waals surface area contributed by atoms with E-state index < -0.39 is 0 Å². The second-order valence-corrected chi connectivity index (χ2v) is 4.08. The molecule has 1 nitrogen and oxygen atoms in total. The van der Waals surface area contributed by atoms with E-state index in [0.29, 0.717) is 0 Å². The van der Waals surface area contributed by atoms with Crippen molar-refractivity contribution in [3.05, 3.63) is 35.9 Å². The van der Waals surface area contributed by atoms with Gasteiger partial charge in [0.1, 0.15) is 0 Å². The lowest BCUT2D eigenvalue weighted by Crippen LogP contribution is -2.27. The van der Waals surface area contributed by atoms with Gasteiger partial charge in [0.05, 0.1) is 0 Å². The summed E-state index contributed by atoms with van der Waals surface area (Å²) in [5.74, 6) is 0. The Balaban J connectivity index is 0.00000225. The summed E-state index contributed by atoms with van der Waals surface area (Å²) in [5.41, 5.74) is 1.45. The fourth-order valence-electron chi connectivity index (χ4n) is 1.90. The number of rotatable bonds is 7. The summed E-state index contributed by atoms with van der Waals surface area (Å²) in [6.07, 6.45) is 3.70. The van der Waals surface area contributed by atoms with Gasteiger partial charge in [-0.1, -0.05) is 44.2 Å². The Morgan fingerprint density at radius 1 is 0.875 bits per heavy atom. The molecule has 0 fully saturated rings. The van der Waals surface area contributed by atoms with Crippen molar-refractivity contribution in [3.8, 4) is 0 Å². The third-order valence-electron chi connectivity index (χ3n) is 2.64. The zero-order chi connectivity index (χ0) is 10.9. The second kappa shape index (κ2) is 9.68. The zero-order valence-electron chi connectivity index (χ0n) is 10.5. The van der Waals surface area contributed by atoms with Gasteiger partial charge in [-0.25, -0.2) is 0 Å². The molecular formula is C14H24ClN. The third kappa shape index (κ3) is 6.14. The van der Waals surface area contributed by atoms with Crippen molar-refractivity contribution in [2.45, 2.75) is 33.1 Å². The van der Waals surface area contributed by atoms with E-state index in [0.717, 1.165) is 0 Å². The molecule has 1 aromatic carbocycles. The van der Waals surface area contributed by atoms with Crippen LogP contribution in [0.2, 0.25) is 0 Å². The SMILES string of the molecule is CCCN(CCC)CCc1ccccc1.Cl. The molecule has 1 rings (SSSR count). The van der Waals surface area contributed by atoms with E-state index in [4.69, 9.17) is 0 Å². The molecule has 0 saturated carbocycles. The van der Waals surface area contributed by atoms with Crippen LogP contribution in [0.15, 0.2) is 30.3 Å². The molecule has 0 aliphatic carbocycles. The predicted octanol–water partition coefficient (Wildman–Crippen LogP) is 3.77. The maximum Gasteiger partial charge on any atom is 0.00218 e. The summed E-state index contributed by atoms with van der Waals surface area (Å²) in [6.45, 7) is 8.18. The van der Waals surface area contributed by atoms with E-state index in [9.17, 15) is 0 Å². The van der Waals surface area contributed by atoms with Crippen LogP contribution in [-0.2, 0) is 6.42 Å². The van der Waals surface area contributed by atoms with Crippen molar-refractivity contribution < 1.29 is 0 Å². The standard InChI is InChI=1S/C14H23N.ClH/c1-3-11-15(12-4-2)13-10-14-8-6-5-7-9-14;/h5-9H,3-4,10-13H2,1-2H3;1H. The molecule has 0 aliphatic rings. The number of benzene rings is 1. The Morgan fingerprint density at radius 3 is 1.94 bits per heavy atom. The minimum absolute atomic E-state index is 0. The van der Waals surface area contributed by atoms with Crippen molar-refractivity contribution in [3.63, 3.8) is 0 Å². The highest BCUT2D eigenvalue weighted by atomic mass is 35.5. The first kappa shape index (κ1) is 15.5. The van der Waals surface area contributed by atoms with E-state index in [-0.39, 0.29) is 12.4 Å². The van der Waals surface area contributed by atoms with Crippen LogP contribution in [0.4, 0.5) is 0 Å². The minimum atomic E-state index is 0. The first-order valence-electron chi connectivity index (χ1n) is 6.13. The molecule has 0 spiro atoms. The lowest BCUT2D eigenvalue weighted by Gasteiger charge is -2.20. The zero-order valence-corrected chi connectivity index (χ0v) is 11.3. The first-order chi connectivity index (χ1) is 7.36. The Bertz CT molecular complexity index is 242. The molecule has 0 bridgehead atoms. The van der Waals surface area contributed by atoms with Gasteiger partial charge in [-0.3, -0.25) is 0 Å². The van der Waals surface area contributed by atoms with Crippen molar-refractivity contribution in [1.82, 2.24) is 4.90 Å². The van der Waals surface area contributed by atoms with Gasteiger partial charge in [0.25, 0.3) is 0 Å². The van der Waals surface area contributed by atoms with Crippen LogP contribution in [0, 0.1) is 0 Å². The van der Waals surface area contributed by atoms with Crippen LogP contribution in [0.5, 0.6) is 0 Å². The van der Waals surface area contributed by atoms with Gasteiger partial charge < -0.3 is 4.90 Å². The van der Waals surface area contributed by atoms with Gasteiger partial charge in [-0.15, -0.1) is 12.4 Å². The number of hydrogen-bond donors (Lipinski definition) is 0. The minimum Gasteiger partial charge on any atom is -0.303 e. The monoisotopic (exact) mass is 241 g/mol. The van der Waals surface area contributed by atoms with Crippen LogP contribution in [-0.4, -0.2) is 24.5 Å². The molecule has 0 atom stereocenters. The van der Waals surface area contributed by atoms with E-state index in [2.05, 4.69) is 49.1 Å². The smallest absolute Gasteiger partial charge is 0.00218 e. The normalized spacial score (nSPS) is 10.2. The molecular weight excluding hydrogens is 218 g/mol. The molecule has 92 valence electrons. The van der Waals surface area contributed by atoms with E-state index >= 15 is 0 Å². The van der Waals surface area contributed by atoms with E-state index in [1.165, 1.54) is 44.5 Å². The molecule has 2 heteroatoms. The molecule has 0 N–H and O–H groups in total. The van der Waals surface area contributed by atoms with Crippen LogP contribution in [0.1, 0.15) is 32.3 Å². The Kier molecular flexibility index (Phi) is 9.36. The van der Waals surface area contributed by atoms with E-state index in [1.54, 1.807) is 0 Å². The van der Waals surface area contributed by atoms with Crippen LogP contribution in [0.25, 0.3) is 0 Å². The molecule has 0 amide bonds. The topological polar surface area (TPSA) is 3.24 Å². The summed E-state index contributed by atoms with van der Waals surface area (Å²) < 4.78 is 0. The Morgan fingerprint density at radius 2 is 1.44 bits per heavy atom. The third-order valence-corrected chi connectivity index (χ3v) is 2.64. The second-order valence-electron chi connectivity index (χ2n) is 4.08. The van der Waals surface area contributed by atoms with Gasteiger partial charge >= 0.3 is 0 Å². The maximum atomic E-state index is 2.56. The van der Waals surface area contributed by atoms with Crippen molar-refractivity contribution in [2.75, 3.05) is 19.6 Å². The molecule has 0 unspecified atom stereocenters. The summed E-state index contributed by atoms with van der Waals surface area (Å²) >= 11 is 0. The molecule has 0 heterocycles. The first-order valence-corrected chi connectivity index (χ1v) is 6.13. The highest BCUT2D eigenvalue weighted by molar-refractivity contribution is 5.85. The Labute approximate surface area is 106 Å². The van der Waals surface area contributed by atoms with Crippen LogP contribution >= 0.6 is 12.4 Å². The average molecular weight is 242 g/mol. The van der Waals surface area contributed by atoms with Gasteiger partial charge in [0.15, 0.2) is 0 Å². The predicted molar refractivity (Wildman–Crippen MR) is 74.4 cm³/mol. The van der Waals surface area contributed by atoms with Gasteiger partial charge in [-0.05, 0) is 37.9 Å². The molecule has 0 saturated heterocycles. The lowest BCUT2D eigenvalue weighted by molar-refractivity contribution is 0.278. The van der Waals surface area contributed by atoms with Crippen molar-refractivity contribution in [2.24, 2.45) is 0 Å². The van der Waals surface area contributed by atoms with Crippen LogP contribution < -0.4 is 0 Å². The molecule has 0 aromatic heterocycles. The molecule has 0 radical (unpaired) electrons. The molecule has 16 heavy (non-hydrogen) atoms. The van der Waals surface area contributed by atoms with Crippen molar-refractivity contribution >= 4 is 12.4 Å².